The van der Waals surface area contributed by atoms with Crippen LogP contribution in [0.1, 0.15) is 46.0 Å². The van der Waals surface area contributed by atoms with E-state index in [1.54, 1.807) is 0 Å². The Labute approximate surface area is 87.0 Å². The first-order valence-electron chi connectivity index (χ1n) is 5.09. The maximum absolute atomic E-state index is 10.9. The van der Waals surface area contributed by atoms with Crippen LogP contribution in [-0.2, 0) is 10.1 Å². The van der Waals surface area contributed by atoms with Crippen molar-refractivity contribution in [2.45, 2.75) is 51.2 Å². The van der Waals surface area contributed by atoms with Crippen molar-refractivity contribution < 1.29 is 13.0 Å². The fourth-order valence-corrected chi connectivity index (χ4v) is 2.39. The summed E-state index contributed by atoms with van der Waals surface area (Å²) in [6, 6.07) is 0. The van der Waals surface area contributed by atoms with Gasteiger partial charge in [-0.2, -0.15) is 8.42 Å². The number of rotatable bonds is 7. The highest BCUT2D eigenvalue weighted by molar-refractivity contribution is 7.86. The lowest BCUT2D eigenvalue weighted by Crippen LogP contribution is -2.20. The zero-order valence-electron chi connectivity index (χ0n) is 8.94. The maximum Gasteiger partial charge on any atom is 0.267 e. The summed E-state index contributed by atoms with van der Waals surface area (Å²) >= 11 is 0. The van der Waals surface area contributed by atoms with E-state index in [0.29, 0.717) is 12.8 Å². The van der Waals surface area contributed by atoms with Gasteiger partial charge in [-0.15, -0.1) is 0 Å². The smallest absolute Gasteiger partial charge is 0.267 e. The Morgan fingerprint density at radius 2 is 2.00 bits per heavy atom. The predicted molar refractivity (Wildman–Crippen MR) is 58.9 cm³/mol. The maximum atomic E-state index is 10.9. The summed E-state index contributed by atoms with van der Waals surface area (Å²) in [7, 11) is -3.84. The van der Waals surface area contributed by atoms with E-state index < -0.39 is 15.4 Å². The van der Waals surface area contributed by atoms with Crippen LogP contribution < -0.4 is 0 Å². The molecule has 0 aliphatic rings. The third-order valence-electron chi connectivity index (χ3n) is 2.16. The van der Waals surface area contributed by atoms with E-state index in [1.165, 1.54) is 0 Å². The molecule has 84 valence electrons. The molecule has 0 spiro atoms. The minimum atomic E-state index is -3.84. The molecular weight excluding hydrogens is 200 g/mol. The van der Waals surface area contributed by atoms with E-state index >= 15 is 0 Å². The van der Waals surface area contributed by atoms with Gasteiger partial charge < -0.3 is 0 Å². The Morgan fingerprint density at radius 1 is 1.36 bits per heavy atom. The highest BCUT2D eigenvalue weighted by Crippen LogP contribution is 2.14. The van der Waals surface area contributed by atoms with E-state index in [4.69, 9.17) is 4.55 Å². The molecule has 0 aliphatic carbocycles. The lowest BCUT2D eigenvalue weighted by Gasteiger charge is -2.11. The molecule has 0 aromatic rings. The minimum absolute atomic E-state index is 0.550. The van der Waals surface area contributed by atoms with Gasteiger partial charge >= 0.3 is 0 Å². The summed E-state index contributed by atoms with van der Waals surface area (Å²) in [5.74, 6) is 0. The molecule has 1 unspecified atom stereocenters. The van der Waals surface area contributed by atoms with Crippen LogP contribution in [0.5, 0.6) is 0 Å². The minimum Gasteiger partial charge on any atom is -0.285 e. The van der Waals surface area contributed by atoms with Crippen LogP contribution in [-0.4, -0.2) is 18.2 Å². The molecule has 1 N–H and O–H groups in total. The standard InChI is InChI=1S/C10H20O3S/c1-3-5-6-7-9-10(8-4-2)14(11,12)13/h3,5,10H,4,6-9H2,1-2H3,(H,11,12,13). The van der Waals surface area contributed by atoms with Gasteiger partial charge in [0.25, 0.3) is 10.1 Å². The monoisotopic (exact) mass is 220 g/mol. The third kappa shape index (κ3) is 6.16. The first-order chi connectivity index (χ1) is 6.52. The molecule has 3 nitrogen and oxygen atoms in total. The Kier molecular flexibility index (Phi) is 6.83. The van der Waals surface area contributed by atoms with Crippen molar-refractivity contribution in [1.29, 1.82) is 0 Å². The molecule has 0 fully saturated rings. The molecule has 0 amide bonds. The van der Waals surface area contributed by atoms with Crippen molar-refractivity contribution in [2.24, 2.45) is 0 Å². The van der Waals surface area contributed by atoms with Gasteiger partial charge in [0.15, 0.2) is 0 Å². The molecule has 0 aromatic heterocycles. The van der Waals surface area contributed by atoms with Gasteiger partial charge in [0.1, 0.15) is 0 Å². The first-order valence-corrected chi connectivity index (χ1v) is 6.60. The Hall–Kier alpha value is -0.350. The summed E-state index contributed by atoms with van der Waals surface area (Å²) in [5, 5.41) is -0.572. The van der Waals surface area contributed by atoms with Crippen molar-refractivity contribution in [2.75, 3.05) is 0 Å². The van der Waals surface area contributed by atoms with E-state index in [0.717, 1.165) is 19.3 Å². The van der Waals surface area contributed by atoms with E-state index in [2.05, 4.69) is 0 Å². The van der Waals surface area contributed by atoms with Crippen LogP contribution in [0.15, 0.2) is 12.2 Å². The van der Waals surface area contributed by atoms with Crippen LogP contribution in [0.2, 0.25) is 0 Å². The molecule has 4 heteroatoms. The molecule has 1 atom stereocenters. The molecular formula is C10H20O3S. The third-order valence-corrected chi connectivity index (χ3v) is 3.48. The van der Waals surface area contributed by atoms with Gasteiger partial charge in [-0.1, -0.05) is 25.5 Å². The number of unbranched alkanes of at least 4 members (excludes halogenated alkanes) is 1. The van der Waals surface area contributed by atoms with Gasteiger partial charge in [-0.3, -0.25) is 4.55 Å². The molecule has 0 saturated carbocycles. The van der Waals surface area contributed by atoms with Crippen LogP contribution >= 0.6 is 0 Å². The van der Waals surface area contributed by atoms with E-state index in [9.17, 15) is 8.42 Å². The van der Waals surface area contributed by atoms with Gasteiger partial charge in [0, 0.05) is 0 Å². The topological polar surface area (TPSA) is 54.4 Å². The number of hydrogen-bond acceptors (Lipinski definition) is 2. The van der Waals surface area contributed by atoms with Crippen LogP contribution in [0.4, 0.5) is 0 Å². The predicted octanol–water partition coefficient (Wildman–Crippen LogP) is 2.79. The van der Waals surface area contributed by atoms with Crippen molar-refractivity contribution in [1.82, 2.24) is 0 Å². The molecule has 14 heavy (non-hydrogen) atoms. The summed E-state index contributed by atoms with van der Waals surface area (Å²) in [5.41, 5.74) is 0. The normalized spacial score (nSPS) is 14.8. The zero-order chi connectivity index (χ0) is 11.0. The SMILES string of the molecule is CC=CCCCC(CCC)S(=O)(=O)O. The average molecular weight is 220 g/mol. The Morgan fingerprint density at radius 3 is 2.43 bits per heavy atom. The van der Waals surface area contributed by atoms with Crippen molar-refractivity contribution in [3.05, 3.63) is 12.2 Å². The van der Waals surface area contributed by atoms with Crippen LogP contribution in [0, 0.1) is 0 Å². The van der Waals surface area contributed by atoms with Gasteiger partial charge in [-0.25, -0.2) is 0 Å². The van der Waals surface area contributed by atoms with E-state index in [-0.39, 0.29) is 0 Å². The number of hydrogen-bond donors (Lipinski definition) is 1. The molecule has 0 aliphatic heterocycles. The second-order valence-corrected chi connectivity index (χ2v) is 5.12. The van der Waals surface area contributed by atoms with Crippen molar-refractivity contribution in [3.63, 3.8) is 0 Å². The highest BCUT2D eigenvalue weighted by Gasteiger charge is 2.20. The van der Waals surface area contributed by atoms with Crippen LogP contribution in [0.25, 0.3) is 0 Å². The first kappa shape index (κ1) is 13.7. The quantitative estimate of drug-likeness (QED) is 0.408. The fourth-order valence-electron chi connectivity index (χ4n) is 1.39. The Bertz CT molecular complexity index is 255. The molecule has 0 heterocycles. The number of allylic oxidation sites excluding steroid dienone is 2. The van der Waals surface area contributed by atoms with Crippen molar-refractivity contribution >= 4 is 10.1 Å². The average Bonchev–Trinajstić information content (AvgIpc) is 2.08. The molecule has 0 rings (SSSR count). The lowest BCUT2D eigenvalue weighted by atomic mass is 10.1. The van der Waals surface area contributed by atoms with Gasteiger partial charge in [0.05, 0.1) is 5.25 Å². The second kappa shape index (κ2) is 7.01. The van der Waals surface area contributed by atoms with E-state index in [1.807, 2.05) is 26.0 Å². The molecule has 0 bridgehead atoms. The second-order valence-electron chi connectivity index (χ2n) is 3.43. The fraction of sp³-hybridized carbons (Fsp3) is 0.800. The Balaban J connectivity index is 3.99. The molecule has 0 radical (unpaired) electrons. The van der Waals surface area contributed by atoms with Crippen molar-refractivity contribution in [3.8, 4) is 0 Å². The summed E-state index contributed by atoms with van der Waals surface area (Å²) in [6.45, 7) is 3.86. The lowest BCUT2D eigenvalue weighted by molar-refractivity contribution is 0.452. The summed E-state index contributed by atoms with van der Waals surface area (Å²) < 4.78 is 30.8. The van der Waals surface area contributed by atoms with Gasteiger partial charge in [-0.05, 0) is 32.6 Å². The largest absolute Gasteiger partial charge is 0.285 e. The molecule has 0 aromatic carbocycles. The van der Waals surface area contributed by atoms with Gasteiger partial charge in [0.2, 0.25) is 0 Å². The molecule has 0 saturated heterocycles. The zero-order valence-corrected chi connectivity index (χ0v) is 9.76. The van der Waals surface area contributed by atoms with Crippen LogP contribution in [0.3, 0.4) is 0 Å². The summed E-state index contributed by atoms with van der Waals surface area (Å²) in [4.78, 5) is 0. The highest BCUT2D eigenvalue weighted by atomic mass is 32.2. The summed E-state index contributed by atoms with van der Waals surface area (Å²) in [6.07, 6.45) is 7.54.